The number of aliphatic hydroxyl groups is 2. The number of aromatic nitrogens is 1. The van der Waals surface area contributed by atoms with E-state index in [4.69, 9.17) is 14.3 Å². The number of nitrogens with zero attached hydrogens (tertiary/aromatic N) is 1. The Morgan fingerprint density at radius 3 is 2.21 bits per heavy atom. The number of benzene rings is 2. The Balaban J connectivity index is 0.00000280. The van der Waals surface area contributed by atoms with Crippen molar-refractivity contribution in [1.29, 1.82) is 0 Å². The third-order valence-electron chi connectivity index (χ3n) is 4.39. The number of hydrogen-bond donors (Lipinski definition) is 2. The van der Waals surface area contributed by atoms with Gasteiger partial charge in [0.25, 0.3) is 0 Å². The number of rotatable bonds is 9. The summed E-state index contributed by atoms with van der Waals surface area (Å²) < 4.78 is 11.3. The Morgan fingerprint density at radius 1 is 1.00 bits per heavy atom. The first-order valence-corrected chi connectivity index (χ1v) is 9.28. The van der Waals surface area contributed by atoms with Gasteiger partial charge in [-0.25, -0.2) is 4.98 Å². The first-order valence-electron chi connectivity index (χ1n) is 9.28. The second kappa shape index (κ2) is 10.9. The maximum Gasteiger partial charge on any atom is 0.194 e. The smallest absolute Gasteiger partial charge is 0.194 e. The van der Waals surface area contributed by atoms with E-state index in [1.807, 2.05) is 55.5 Å². The second-order valence-corrected chi connectivity index (χ2v) is 6.46. The van der Waals surface area contributed by atoms with Crippen molar-refractivity contribution >= 4 is 12.4 Å². The summed E-state index contributed by atoms with van der Waals surface area (Å²) in [6.45, 7) is 2.03. The van der Waals surface area contributed by atoms with Crippen LogP contribution in [-0.4, -0.2) is 27.9 Å². The number of oxazole rings is 1. The summed E-state index contributed by atoms with van der Waals surface area (Å²) in [5.41, 5.74) is 2.95. The molecule has 6 heteroatoms. The molecular formula is C22H26ClNO4. The van der Waals surface area contributed by atoms with E-state index in [2.05, 4.69) is 4.98 Å². The lowest BCUT2D eigenvalue weighted by Crippen LogP contribution is -2.09. The monoisotopic (exact) mass is 403 g/mol. The lowest BCUT2D eigenvalue weighted by molar-refractivity contribution is 0.125. The Kier molecular flexibility index (Phi) is 8.51. The zero-order chi connectivity index (χ0) is 19.1. The second-order valence-electron chi connectivity index (χ2n) is 6.46. The first-order chi connectivity index (χ1) is 13.2. The third-order valence-corrected chi connectivity index (χ3v) is 4.39. The van der Waals surface area contributed by atoms with E-state index in [-0.39, 0.29) is 19.0 Å². The highest BCUT2D eigenvalue weighted by Gasteiger charge is 2.06. The fraction of sp³-hybridized carbons (Fsp3) is 0.318. The van der Waals surface area contributed by atoms with Crippen LogP contribution in [0.4, 0.5) is 0 Å². The molecule has 0 fully saturated rings. The molecule has 0 aliphatic rings. The van der Waals surface area contributed by atoms with Gasteiger partial charge >= 0.3 is 0 Å². The molecule has 3 aromatic rings. The standard InChI is InChI=1S/C22H25NO4.ClH/c1-2-22-23-21(15-26-22)17-6-11-20(12-7-17)27-19-9-4-16(5-10-19)3-8-18(25)13-14-24;/h4-7,9-12,15,18,24-25H,2-3,8,13-14H2,1H3;1H. The topological polar surface area (TPSA) is 75.7 Å². The predicted octanol–water partition coefficient (Wildman–Crippen LogP) is 4.79. The van der Waals surface area contributed by atoms with Gasteiger partial charge in [-0.1, -0.05) is 19.1 Å². The molecule has 5 nitrogen and oxygen atoms in total. The summed E-state index contributed by atoms with van der Waals surface area (Å²) in [5, 5.41) is 18.5. The van der Waals surface area contributed by atoms with Crippen molar-refractivity contribution in [2.75, 3.05) is 6.61 Å². The molecule has 1 atom stereocenters. The van der Waals surface area contributed by atoms with Crippen LogP contribution in [0.2, 0.25) is 0 Å². The van der Waals surface area contributed by atoms with E-state index in [0.717, 1.165) is 47.1 Å². The van der Waals surface area contributed by atoms with E-state index in [1.54, 1.807) is 6.26 Å². The van der Waals surface area contributed by atoms with Crippen molar-refractivity contribution in [3.05, 3.63) is 66.2 Å². The van der Waals surface area contributed by atoms with Crippen molar-refractivity contribution in [1.82, 2.24) is 4.98 Å². The SMILES string of the molecule is CCc1nc(-c2ccc(Oc3ccc(CCC(O)CCO)cc3)cc2)co1.Cl. The number of ether oxygens (including phenoxy) is 1. The Hall–Kier alpha value is -2.34. The van der Waals surface area contributed by atoms with Crippen LogP contribution in [0.25, 0.3) is 11.3 Å². The molecule has 28 heavy (non-hydrogen) atoms. The van der Waals surface area contributed by atoms with Crippen LogP contribution >= 0.6 is 12.4 Å². The zero-order valence-corrected chi connectivity index (χ0v) is 16.7. The van der Waals surface area contributed by atoms with Gasteiger partial charge in [-0.15, -0.1) is 12.4 Å². The van der Waals surface area contributed by atoms with Gasteiger partial charge in [-0.2, -0.15) is 0 Å². The highest BCUT2D eigenvalue weighted by molar-refractivity contribution is 5.85. The minimum absolute atomic E-state index is 0. The van der Waals surface area contributed by atoms with Crippen LogP contribution in [0.5, 0.6) is 11.5 Å². The summed E-state index contributed by atoms with van der Waals surface area (Å²) in [6, 6.07) is 15.6. The summed E-state index contributed by atoms with van der Waals surface area (Å²) in [7, 11) is 0. The molecule has 150 valence electrons. The predicted molar refractivity (Wildman–Crippen MR) is 111 cm³/mol. The van der Waals surface area contributed by atoms with Crippen molar-refractivity contribution < 1.29 is 19.4 Å². The highest BCUT2D eigenvalue weighted by Crippen LogP contribution is 2.26. The van der Waals surface area contributed by atoms with Crippen LogP contribution < -0.4 is 4.74 Å². The maximum atomic E-state index is 9.69. The molecule has 2 aromatic carbocycles. The van der Waals surface area contributed by atoms with E-state index < -0.39 is 6.10 Å². The molecule has 2 N–H and O–H groups in total. The number of halogens is 1. The molecule has 1 unspecified atom stereocenters. The maximum absolute atomic E-state index is 9.69. The van der Waals surface area contributed by atoms with Gasteiger partial charge in [0, 0.05) is 18.6 Å². The van der Waals surface area contributed by atoms with Crippen LogP contribution in [0.15, 0.2) is 59.2 Å². The van der Waals surface area contributed by atoms with Crippen LogP contribution in [0.3, 0.4) is 0 Å². The molecule has 0 amide bonds. The third kappa shape index (κ3) is 6.09. The van der Waals surface area contributed by atoms with Crippen molar-refractivity contribution in [3.8, 4) is 22.8 Å². The highest BCUT2D eigenvalue weighted by atomic mass is 35.5. The van der Waals surface area contributed by atoms with Gasteiger partial charge in [-0.3, -0.25) is 0 Å². The molecular weight excluding hydrogens is 378 g/mol. The van der Waals surface area contributed by atoms with Gasteiger partial charge in [-0.05, 0) is 61.2 Å². The minimum Gasteiger partial charge on any atom is -0.457 e. The molecule has 0 saturated heterocycles. The molecule has 1 heterocycles. The largest absolute Gasteiger partial charge is 0.457 e. The molecule has 0 bridgehead atoms. The van der Waals surface area contributed by atoms with E-state index in [9.17, 15) is 5.11 Å². The number of aliphatic hydroxyl groups excluding tert-OH is 2. The van der Waals surface area contributed by atoms with Gasteiger partial charge in [0.05, 0.1) is 6.10 Å². The quantitative estimate of drug-likeness (QED) is 0.537. The zero-order valence-electron chi connectivity index (χ0n) is 15.9. The fourth-order valence-electron chi connectivity index (χ4n) is 2.79. The Bertz CT molecular complexity index is 831. The molecule has 0 radical (unpaired) electrons. The minimum atomic E-state index is -0.456. The van der Waals surface area contributed by atoms with Gasteiger partial charge < -0.3 is 19.4 Å². The molecule has 3 rings (SSSR count). The molecule has 0 spiro atoms. The number of aryl methyl sites for hydroxylation is 2. The molecule has 0 saturated carbocycles. The lowest BCUT2D eigenvalue weighted by atomic mass is 10.1. The van der Waals surface area contributed by atoms with Crippen molar-refractivity contribution in [3.63, 3.8) is 0 Å². The van der Waals surface area contributed by atoms with E-state index in [1.165, 1.54) is 0 Å². The average molecular weight is 404 g/mol. The molecule has 0 aliphatic heterocycles. The normalized spacial score (nSPS) is 11.7. The summed E-state index contributed by atoms with van der Waals surface area (Å²) >= 11 is 0. The van der Waals surface area contributed by atoms with Gasteiger partial charge in [0.1, 0.15) is 23.5 Å². The summed E-state index contributed by atoms with van der Waals surface area (Å²) in [5.74, 6) is 2.25. The van der Waals surface area contributed by atoms with E-state index >= 15 is 0 Å². The van der Waals surface area contributed by atoms with Gasteiger partial charge in [0.15, 0.2) is 5.89 Å². The van der Waals surface area contributed by atoms with Crippen LogP contribution in [0, 0.1) is 0 Å². The average Bonchev–Trinajstić information content (AvgIpc) is 3.18. The van der Waals surface area contributed by atoms with Crippen LogP contribution in [-0.2, 0) is 12.8 Å². The Labute approximate surface area is 171 Å². The summed E-state index contributed by atoms with van der Waals surface area (Å²) in [4.78, 5) is 4.42. The molecule has 0 aliphatic carbocycles. The fourth-order valence-corrected chi connectivity index (χ4v) is 2.79. The first kappa shape index (κ1) is 22.0. The summed E-state index contributed by atoms with van der Waals surface area (Å²) in [6.07, 6.45) is 3.83. The van der Waals surface area contributed by atoms with Gasteiger partial charge in [0.2, 0.25) is 0 Å². The number of hydrogen-bond acceptors (Lipinski definition) is 5. The van der Waals surface area contributed by atoms with Crippen molar-refractivity contribution in [2.24, 2.45) is 0 Å². The van der Waals surface area contributed by atoms with Crippen LogP contribution in [0.1, 0.15) is 31.2 Å². The van der Waals surface area contributed by atoms with Crippen molar-refractivity contribution in [2.45, 2.75) is 38.7 Å². The molecule has 1 aromatic heterocycles. The van der Waals surface area contributed by atoms with E-state index in [0.29, 0.717) is 12.8 Å². The lowest BCUT2D eigenvalue weighted by Gasteiger charge is -2.10. The Morgan fingerprint density at radius 2 is 1.64 bits per heavy atom.